The summed E-state index contributed by atoms with van der Waals surface area (Å²) in [5.41, 5.74) is 0.761. The fourth-order valence-electron chi connectivity index (χ4n) is 2.38. The lowest BCUT2D eigenvalue weighted by molar-refractivity contribution is -0.162. The molecule has 24 heavy (non-hydrogen) atoms. The van der Waals surface area contributed by atoms with E-state index in [4.69, 9.17) is 23.2 Å². The minimum Gasteiger partial charge on any atom is -0.339 e. The molecule has 0 aliphatic carbocycles. The van der Waals surface area contributed by atoms with Gasteiger partial charge in [0.05, 0.1) is 0 Å². The molecule has 0 saturated carbocycles. The number of carbonyl (C=O) groups is 2. The molecule has 1 aromatic heterocycles. The minimum absolute atomic E-state index is 0.0479. The summed E-state index contributed by atoms with van der Waals surface area (Å²) < 4.78 is 36.8. The van der Waals surface area contributed by atoms with Gasteiger partial charge in [-0.05, 0) is 18.6 Å². The second-order valence-corrected chi connectivity index (χ2v) is 6.12. The Balaban J connectivity index is 2.02. The third kappa shape index (κ3) is 4.51. The fraction of sp³-hybridized carbons (Fsp3) is 0.500. The largest absolute Gasteiger partial charge is 0.397 e. The molecule has 1 aliphatic heterocycles. The first-order valence-corrected chi connectivity index (χ1v) is 7.80. The zero-order valence-corrected chi connectivity index (χ0v) is 14.2. The van der Waals surface area contributed by atoms with E-state index in [1.165, 1.54) is 11.0 Å². The standard InChI is InChI=1S/C14H14Cl2F3N3O2/c1-8-9(6-10(15)20-12(8)16)13(24)22-4-2-21(3-5-22)11(23)7-14(17,18)19/h6H,2-5,7H2,1H3. The van der Waals surface area contributed by atoms with Crippen molar-refractivity contribution in [3.63, 3.8) is 0 Å². The Bertz CT molecular complexity index is 659. The minimum atomic E-state index is -4.54. The number of amides is 2. The van der Waals surface area contributed by atoms with Gasteiger partial charge in [-0.3, -0.25) is 9.59 Å². The van der Waals surface area contributed by atoms with E-state index in [1.54, 1.807) is 6.92 Å². The normalized spacial score (nSPS) is 15.6. The number of aromatic nitrogens is 1. The average Bonchev–Trinajstić information content (AvgIpc) is 2.48. The van der Waals surface area contributed by atoms with E-state index in [9.17, 15) is 22.8 Å². The van der Waals surface area contributed by atoms with E-state index < -0.39 is 18.5 Å². The van der Waals surface area contributed by atoms with Gasteiger partial charge in [-0.1, -0.05) is 23.2 Å². The van der Waals surface area contributed by atoms with E-state index in [1.807, 2.05) is 0 Å². The van der Waals surface area contributed by atoms with Gasteiger partial charge in [-0.25, -0.2) is 4.98 Å². The smallest absolute Gasteiger partial charge is 0.339 e. The van der Waals surface area contributed by atoms with Crippen LogP contribution in [0.5, 0.6) is 0 Å². The van der Waals surface area contributed by atoms with Crippen molar-refractivity contribution < 1.29 is 22.8 Å². The third-order valence-electron chi connectivity index (χ3n) is 3.68. The molecule has 2 rings (SSSR count). The highest BCUT2D eigenvalue weighted by atomic mass is 35.5. The monoisotopic (exact) mass is 383 g/mol. The fourth-order valence-corrected chi connectivity index (χ4v) is 2.81. The van der Waals surface area contributed by atoms with Crippen LogP contribution in [0.1, 0.15) is 22.3 Å². The van der Waals surface area contributed by atoms with Gasteiger partial charge < -0.3 is 9.80 Å². The molecule has 1 aromatic rings. The molecule has 10 heteroatoms. The number of hydrogen-bond donors (Lipinski definition) is 0. The van der Waals surface area contributed by atoms with Crippen LogP contribution in [0.3, 0.4) is 0 Å². The third-order valence-corrected chi connectivity index (χ3v) is 4.25. The summed E-state index contributed by atoms with van der Waals surface area (Å²) in [7, 11) is 0. The van der Waals surface area contributed by atoms with E-state index in [2.05, 4.69) is 4.98 Å². The number of rotatable bonds is 2. The second-order valence-electron chi connectivity index (χ2n) is 5.37. The van der Waals surface area contributed by atoms with Crippen molar-refractivity contribution in [2.24, 2.45) is 0 Å². The van der Waals surface area contributed by atoms with Gasteiger partial charge in [0.15, 0.2) is 0 Å². The quantitative estimate of drug-likeness (QED) is 0.737. The maximum absolute atomic E-state index is 12.5. The Morgan fingerprint density at radius 2 is 1.71 bits per heavy atom. The maximum atomic E-state index is 12.5. The number of halogens is 5. The van der Waals surface area contributed by atoms with Crippen molar-refractivity contribution in [2.75, 3.05) is 26.2 Å². The summed E-state index contributed by atoms with van der Waals surface area (Å²) in [6.45, 7) is 2.00. The molecule has 0 N–H and O–H groups in total. The van der Waals surface area contributed by atoms with Gasteiger partial charge in [0, 0.05) is 31.7 Å². The lowest BCUT2D eigenvalue weighted by Gasteiger charge is -2.35. The molecule has 0 aromatic carbocycles. The van der Waals surface area contributed by atoms with Gasteiger partial charge in [0.1, 0.15) is 16.7 Å². The highest BCUT2D eigenvalue weighted by molar-refractivity contribution is 6.33. The van der Waals surface area contributed by atoms with Gasteiger partial charge in [0.25, 0.3) is 5.91 Å². The Hall–Kier alpha value is -1.54. The van der Waals surface area contributed by atoms with E-state index in [-0.39, 0.29) is 48.0 Å². The first-order chi connectivity index (χ1) is 11.1. The predicted molar refractivity (Wildman–Crippen MR) is 82.1 cm³/mol. The molecule has 132 valence electrons. The Morgan fingerprint density at radius 1 is 1.17 bits per heavy atom. The van der Waals surface area contributed by atoms with Crippen LogP contribution in [0.2, 0.25) is 10.3 Å². The maximum Gasteiger partial charge on any atom is 0.397 e. The van der Waals surface area contributed by atoms with Crippen LogP contribution in [0.15, 0.2) is 6.07 Å². The summed E-state index contributed by atoms with van der Waals surface area (Å²) in [5, 5.41) is 0.192. The van der Waals surface area contributed by atoms with Crippen LogP contribution in [0.4, 0.5) is 13.2 Å². The first-order valence-electron chi connectivity index (χ1n) is 7.05. The van der Waals surface area contributed by atoms with Crippen molar-refractivity contribution in [3.05, 3.63) is 27.5 Å². The number of carbonyl (C=O) groups excluding carboxylic acids is 2. The summed E-state index contributed by atoms with van der Waals surface area (Å²) in [6.07, 6.45) is -6.03. The highest BCUT2D eigenvalue weighted by Gasteiger charge is 2.35. The van der Waals surface area contributed by atoms with Crippen molar-refractivity contribution in [1.82, 2.24) is 14.8 Å². The van der Waals surface area contributed by atoms with Crippen molar-refractivity contribution in [3.8, 4) is 0 Å². The van der Waals surface area contributed by atoms with E-state index >= 15 is 0 Å². The molecular weight excluding hydrogens is 370 g/mol. The SMILES string of the molecule is Cc1c(C(=O)N2CCN(C(=O)CC(F)(F)F)CC2)cc(Cl)nc1Cl. The van der Waals surface area contributed by atoms with Crippen LogP contribution >= 0.6 is 23.2 Å². The molecule has 0 spiro atoms. The van der Waals surface area contributed by atoms with Crippen LogP contribution in [-0.4, -0.2) is 59.0 Å². The van der Waals surface area contributed by atoms with Crippen molar-refractivity contribution >= 4 is 35.0 Å². The lowest BCUT2D eigenvalue weighted by Crippen LogP contribution is -2.51. The number of alkyl halides is 3. The second kappa shape index (κ2) is 7.14. The molecule has 0 radical (unpaired) electrons. The molecule has 1 fully saturated rings. The zero-order chi connectivity index (χ0) is 18.1. The van der Waals surface area contributed by atoms with E-state index in [0.29, 0.717) is 5.56 Å². The number of piperazine rings is 1. The zero-order valence-electron chi connectivity index (χ0n) is 12.7. The Kier molecular flexibility index (Phi) is 5.59. The Labute approximate surface area is 146 Å². The Morgan fingerprint density at radius 3 is 2.25 bits per heavy atom. The van der Waals surface area contributed by atoms with Crippen LogP contribution in [0, 0.1) is 6.92 Å². The molecule has 1 saturated heterocycles. The number of pyridine rings is 1. The topological polar surface area (TPSA) is 53.5 Å². The highest BCUT2D eigenvalue weighted by Crippen LogP contribution is 2.24. The summed E-state index contributed by atoms with van der Waals surface area (Å²) >= 11 is 11.7. The molecular formula is C14H14Cl2F3N3O2. The van der Waals surface area contributed by atoms with Gasteiger partial charge in [-0.2, -0.15) is 13.2 Å². The summed E-state index contributed by atoms with van der Waals surface area (Å²) in [4.78, 5) is 30.5. The average molecular weight is 384 g/mol. The lowest BCUT2D eigenvalue weighted by atomic mass is 10.1. The number of nitrogens with zero attached hydrogens (tertiary/aromatic N) is 3. The number of hydrogen-bond acceptors (Lipinski definition) is 3. The van der Waals surface area contributed by atoms with Crippen LogP contribution in [-0.2, 0) is 4.79 Å². The van der Waals surface area contributed by atoms with Gasteiger partial charge >= 0.3 is 6.18 Å². The van der Waals surface area contributed by atoms with Gasteiger partial charge in [0.2, 0.25) is 5.91 Å². The van der Waals surface area contributed by atoms with E-state index in [0.717, 1.165) is 4.90 Å². The molecule has 0 unspecified atom stereocenters. The summed E-state index contributed by atoms with van der Waals surface area (Å²) in [5.74, 6) is -1.33. The van der Waals surface area contributed by atoms with Crippen molar-refractivity contribution in [2.45, 2.75) is 19.5 Å². The molecule has 5 nitrogen and oxygen atoms in total. The van der Waals surface area contributed by atoms with Gasteiger partial charge in [-0.15, -0.1) is 0 Å². The molecule has 0 bridgehead atoms. The van der Waals surface area contributed by atoms with Crippen molar-refractivity contribution in [1.29, 1.82) is 0 Å². The molecule has 2 amide bonds. The van der Waals surface area contributed by atoms with Crippen LogP contribution in [0.25, 0.3) is 0 Å². The molecule has 1 aliphatic rings. The first kappa shape index (κ1) is 18.8. The predicted octanol–water partition coefficient (Wildman–Crippen LogP) is 2.93. The van der Waals surface area contributed by atoms with Crippen LogP contribution < -0.4 is 0 Å². The molecule has 2 heterocycles. The summed E-state index contributed by atoms with van der Waals surface area (Å²) in [6, 6.07) is 1.40. The molecule has 0 atom stereocenters.